The van der Waals surface area contributed by atoms with E-state index in [1.807, 2.05) is 45.3 Å². The van der Waals surface area contributed by atoms with Gasteiger partial charge in [-0.15, -0.1) is 0 Å². The van der Waals surface area contributed by atoms with Crippen molar-refractivity contribution < 1.29 is 4.79 Å². The predicted molar refractivity (Wildman–Crippen MR) is 109 cm³/mol. The van der Waals surface area contributed by atoms with Crippen LogP contribution in [0.4, 0.5) is 5.69 Å². The van der Waals surface area contributed by atoms with E-state index in [9.17, 15) is 4.79 Å². The van der Waals surface area contributed by atoms with Crippen LogP contribution in [0, 0.1) is 6.92 Å². The Morgan fingerprint density at radius 1 is 1.19 bits per heavy atom. The average Bonchev–Trinajstić information content (AvgIpc) is 2.65. The first-order valence-corrected chi connectivity index (χ1v) is 9.38. The van der Waals surface area contributed by atoms with Crippen molar-refractivity contribution in [1.82, 2.24) is 24.6 Å². The standard InChI is InChI=1S/C19H22N6OS/c1-13-9-14-5-4-6-20-18(14)15(10-13)24-19(26)16-11-22-17(12-21-16)27-23-7-8-25(2)3/h4-6,9-12,23H,7-8H2,1-3H3,(H,24,26). The zero-order chi connectivity index (χ0) is 19.2. The van der Waals surface area contributed by atoms with E-state index in [1.165, 1.54) is 18.1 Å². The molecule has 2 aromatic heterocycles. The molecule has 0 bridgehead atoms. The minimum absolute atomic E-state index is 0.262. The molecule has 140 valence electrons. The van der Waals surface area contributed by atoms with Gasteiger partial charge < -0.3 is 10.2 Å². The normalized spacial score (nSPS) is 11.1. The minimum Gasteiger partial charge on any atom is -0.319 e. The van der Waals surface area contributed by atoms with E-state index in [2.05, 4.69) is 29.9 Å². The number of aromatic nitrogens is 3. The monoisotopic (exact) mass is 382 g/mol. The number of anilines is 1. The number of nitrogens with one attached hydrogen (secondary N) is 2. The number of hydrogen-bond acceptors (Lipinski definition) is 7. The molecule has 2 N–H and O–H groups in total. The fraction of sp³-hybridized carbons (Fsp3) is 0.263. The van der Waals surface area contributed by atoms with Crippen molar-refractivity contribution in [3.8, 4) is 0 Å². The Morgan fingerprint density at radius 2 is 2.04 bits per heavy atom. The van der Waals surface area contributed by atoms with Crippen LogP contribution >= 0.6 is 11.9 Å². The Kier molecular flexibility index (Phi) is 6.33. The number of carbonyl (C=O) groups is 1. The molecular formula is C19H22N6OS. The van der Waals surface area contributed by atoms with Gasteiger partial charge in [0.25, 0.3) is 5.91 Å². The van der Waals surface area contributed by atoms with Crippen LogP contribution in [-0.4, -0.2) is 52.9 Å². The maximum Gasteiger partial charge on any atom is 0.275 e. The molecule has 0 saturated heterocycles. The summed E-state index contributed by atoms with van der Waals surface area (Å²) in [7, 11) is 4.04. The topological polar surface area (TPSA) is 83.0 Å². The third-order valence-corrected chi connectivity index (χ3v) is 4.56. The van der Waals surface area contributed by atoms with E-state index in [1.54, 1.807) is 12.4 Å². The summed E-state index contributed by atoms with van der Waals surface area (Å²) in [6, 6.07) is 7.79. The van der Waals surface area contributed by atoms with Crippen molar-refractivity contribution in [3.63, 3.8) is 0 Å². The second-order valence-electron chi connectivity index (χ2n) is 6.38. The molecule has 0 unspecified atom stereocenters. The third kappa shape index (κ3) is 5.22. The fourth-order valence-corrected chi connectivity index (χ4v) is 3.06. The number of carbonyl (C=O) groups excluding carboxylic acids is 1. The van der Waals surface area contributed by atoms with Crippen molar-refractivity contribution >= 4 is 34.4 Å². The van der Waals surface area contributed by atoms with Gasteiger partial charge in [0.1, 0.15) is 10.7 Å². The largest absolute Gasteiger partial charge is 0.319 e. The molecule has 2 heterocycles. The molecule has 0 aliphatic rings. The van der Waals surface area contributed by atoms with Gasteiger partial charge in [-0.2, -0.15) is 0 Å². The minimum atomic E-state index is -0.308. The molecular weight excluding hydrogens is 360 g/mol. The van der Waals surface area contributed by atoms with Crippen LogP contribution in [0.25, 0.3) is 10.9 Å². The third-order valence-electron chi connectivity index (χ3n) is 3.80. The first kappa shape index (κ1) is 19.2. The number of hydrogen-bond donors (Lipinski definition) is 2. The van der Waals surface area contributed by atoms with Gasteiger partial charge in [0.15, 0.2) is 0 Å². The summed E-state index contributed by atoms with van der Waals surface area (Å²) >= 11 is 1.40. The Balaban J connectivity index is 1.67. The van der Waals surface area contributed by atoms with Crippen LogP contribution in [0.5, 0.6) is 0 Å². The summed E-state index contributed by atoms with van der Waals surface area (Å²) in [6.45, 7) is 3.74. The molecule has 0 atom stereocenters. The molecule has 0 aliphatic carbocycles. The predicted octanol–water partition coefficient (Wildman–Crippen LogP) is 2.74. The number of fused-ring (bicyclic) bond motifs is 1. The molecule has 0 radical (unpaired) electrons. The van der Waals surface area contributed by atoms with Gasteiger partial charge in [0.2, 0.25) is 0 Å². The molecule has 0 aliphatic heterocycles. The summed E-state index contributed by atoms with van der Waals surface area (Å²) in [5, 5.41) is 4.59. The SMILES string of the molecule is Cc1cc(NC(=O)c2cnc(SNCCN(C)C)cn2)c2ncccc2c1. The maximum absolute atomic E-state index is 12.5. The number of likely N-dealkylation sites (N-methyl/N-ethyl adjacent to an activating group) is 1. The van der Waals surface area contributed by atoms with Gasteiger partial charge in [0, 0.05) is 24.7 Å². The number of nitrogens with zero attached hydrogens (tertiary/aromatic N) is 4. The van der Waals surface area contributed by atoms with Gasteiger partial charge in [-0.1, -0.05) is 6.07 Å². The lowest BCUT2D eigenvalue weighted by Gasteiger charge is -2.10. The van der Waals surface area contributed by atoms with Crippen molar-refractivity contribution in [2.24, 2.45) is 0 Å². The number of amides is 1. The second kappa shape index (κ2) is 8.90. The van der Waals surface area contributed by atoms with Crippen molar-refractivity contribution in [1.29, 1.82) is 0 Å². The molecule has 8 heteroatoms. The molecule has 0 spiro atoms. The van der Waals surface area contributed by atoms with Crippen LogP contribution < -0.4 is 10.0 Å². The van der Waals surface area contributed by atoms with E-state index in [0.29, 0.717) is 10.7 Å². The fourth-order valence-electron chi connectivity index (χ4n) is 2.50. The van der Waals surface area contributed by atoms with Crippen LogP contribution in [-0.2, 0) is 0 Å². The molecule has 27 heavy (non-hydrogen) atoms. The van der Waals surface area contributed by atoms with Crippen molar-refractivity contribution in [2.75, 3.05) is 32.5 Å². The summed E-state index contributed by atoms with van der Waals surface area (Å²) in [6.07, 6.45) is 4.79. The zero-order valence-corrected chi connectivity index (χ0v) is 16.4. The van der Waals surface area contributed by atoms with Gasteiger partial charge in [0.05, 0.1) is 23.6 Å². The van der Waals surface area contributed by atoms with Crippen molar-refractivity contribution in [2.45, 2.75) is 11.9 Å². The Labute approximate surface area is 162 Å². The highest BCUT2D eigenvalue weighted by Gasteiger charge is 2.12. The summed E-state index contributed by atoms with van der Waals surface area (Å²) in [4.78, 5) is 27.5. The Bertz CT molecular complexity index is 929. The van der Waals surface area contributed by atoms with E-state index in [4.69, 9.17) is 0 Å². The smallest absolute Gasteiger partial charge is 0.275 e. The summed E-state index contributed by atoms with van der Waals surface area (Å²) in [5.74, 6) is -0.308. The average molecular weight is 382 g/mol. The zero-order valence-electron chi connectivity index (χ0n) is 15.6. The number of benzene rings is 1. The van der Waals surface area contributed by atoms with Gasteiger partial charge in [-0.3, -0.25) is 14.5 Å². The van der Waals surface area contributed by atoms with Crippen LogP contribution in [0.1, 0.15) is 16.1 Å². The lowest BCUT2D eigenvalue weighted by molar-refractivity contribution is 0.102. The quantitative estimate of drug-likeness (QED) is 0.480. The highest BCUT2D eigenvalue weighted by Crippen LogP contribution is 2.23. The van der Waals surface area contributed by atoms with Gasteiger partial charge >= 0.3 is 0 Å². The Morgan fingerprint density at radius 3 is 2.78 bits per heavy atom. The summed E-state index contributed by atoms with van der Waals surface area (Å²) < 4.78 is 3.21. The lowest BCUT2D eigenvalue weighted by atomic mass is 10.1. The molecule has 0 saturated carbocycles. The van der Waals surface area contributed by atoms with Crippen LogP contribution in [0.2, 0.25) is 0 Å². The Hall–Kier alpha value is -2.55. The molecule has 3 aromatic rings. The second-order valence-corrected chi connectivity index (χ2v) is 7.29. The number of aryl methyl sites for hydroxylation is 1. The highest BCUT2D eigenvalue weighted by atomic mass is 32.2. The van der Waals surface area contributed by atoms with Crippen LogP contribution in [0.3, 0.4) is 0 Å². The van der Waals surface area contributed by atoms with Crippen LogP contribution in [0.15, 0.2) is 47.9 Å². The van der Waals surface area contributed by atoms with E-state index < -0.39 is 0 Å². The van der Waals surface area contributed by atoms with E-state index in [-0.39, 0.29) is 11.6 Å². The van der Waals surface area contributed by atoms with E-state index in [0.717, 1.165) is 29.6 Å². The molecule has 1 aromatic carbocycles. The number of pyridine rings is 1. The maximum atomic E-state index is 12.5. The van der Waals surface area contributed by atoms with Crippen molar-refractivity contribution in [3.05, 3.63) is 54.1 Å². The highest BCUT2D eigenvalue weighted by molar-refractivity contribution is 7.97. The molecule has 7 nitrogen and oxygen atoms in total. The molecule has 1 amide bonds. The van der Waals surface area contributed by atoms with Gasteiger partial charge in [-0.05, 0) is 56.7 Å². The summed E-state index contributed by atoms with van der Waals surface area (Å²) in [5.41, 5.74) is 2.73. The number of rotatable bonds is 7. The lowest BCUT2D eigenvalue weighted by Crippen LogP contribution is -2.22. The van der Waals surface area contributed by atoms with E-state index >= 15 is 0 Å². The first-order chi connectivity index (χ1) is 13.0. The van der Waals surface area contributed by atoms with Gasteiger partial charge in [-0.25, -0.2) is 9.97 Å². The first-order valence-electron chi connectivity index (χ1n) is 8.56. The molecule has 0 fully saturated rings. The molecule has 3 rings (SSSR count).